The van der Waals surface area contributed by atoms with E-state index < -0.39 is 0 Å². The Hall–Kier alpha value is -1.06. The van der Waals surface area contributed by atoms with Gasteiger partial charge < -0.3 is 9.73 Å². The summed E-state index contributed by atoms with van der Waals surface area (Å²) in [7, 11) is 0. The molecule has 0 aliphatic rings. The van der Waals surface area contributed by atoms with E-state index in [1.54, 1.807) is 6.26 Å². The van der Waals surface area contributed by atoms with Gasteiger partial charge in [-0.25, -0.2) is 0 Å². The van der Waals surface area contributed by atoms with Crippen LogP contribution in [-0.2, 0) is 6.42 Å². The van der Waals surface area contributed by atoms with E-state index in [0.717, 1.165) is 24.1 Å². The largest absolute Gasteiger partial charge is 0.457 e. The quantitative estimate of drug-likeness (QED) is 0.859. The van der Waals surface area contributed by atoms with E-state index in [2.05, 4.69) is 58.5 Å². The second kappa shape index (κ2) is 6.76. The molecule has 2 nitrogen and oxygen atoms in total. The summed E-state index contributed by atoms with van der Waals surface area (Å²) in [6, 6.07) is 12.9. The number of benzene rings is 1. The first-order valence-corrected chi connectivity index (χ1v) is 7.10. The van der Waals surface area contributed by atoms with Gasteiger partial charge in [0, 0.05) is 11.6 Å². The molecule has 0 saturated heterocycles. The minimum atomic E-state index is 0.336. The molecule has 0 aliphatic carbocycles. The molecule has 0 amide bonds. The molecule has 0 radical (unpaired) electrons. The van der Waals surface area contributed by atoms with Crippen molar-refractivity contribution in [3.05, 3.63) is 58.5 Å². The van der Waals surface area contributed by atoms with E-state index >= 15 is 0 Å². The molecule has 0 saturated carbocycles. The van der Waals surface area contributed by atoms with E-state index in [4.69, 9.17) is 4.42 Å². The topological polar surface area (TPSA) is 25.2 Å². The molecule has 0 bridgehead atoms. The number of halogens is 1. The fourth-order valence-electron chi connectivity index (χ4n) is 2.12. The SMILES string of the molecule is CCNC(CCc1ccccc1)c1ccoc1Br. The van der Waals surface area contributed by atoms with Gasteiger partial charge in [0.05, 0.1) is 6.26 Å². The molecule has 18 heavy (non-hydrogen) atoms. The number of hydrogen-bond donors (Lipinski definition) is 1. The highest BCUT2D eigenvalue weighted by Crippen LogP contribution is 2.27. The third-order valence-corrected chi connectivity index (χ3v) is 3.68. The molecule has 96 valence electrons. The lowest BCUT2D eigenvalue weighted by molar-refractivity contribution is 0.489. The zero-order chi connectivity index (χ0) is 12.8. The molecule has 1 aromatic heterocycles. The van der Waals surface area contributed by atoms with Crippen LogP contribution in [0.5, 0.6) is 0 Å². The van der Waals surface area contributed by atoms with Crippen molar-refractivity contribution in [3.8, 4) is 0 Å². The van der Waals surface area contributed by atoms with Crippen LogP contribution in [0, 0.1) is 0 Å². The Morgan fingerprint density at radius 3 is 2.61 bits per heavy atom. The highest BCUT2D eigenvalue weighted by molar-refractivity contribution is 9.10. The molecule has 0 aliphatic heterocycles. The number of aryl methyl sites for hydroxylation is 1. The van der Waals surface area contributed by atoms with Gasteiger partial charge in [-0.15, -0.1) is 0 Å². The summed E-state index contributed by atoms with van der Waals surface area (Å²) in [5.74, 6) is 0. The predicted molar refractivity (Wildman–Crippen MR) is 77.6 cm³/mol. The van der Waals surface area contributed by atoms with Crippen LogP contribution >= 0.6 is 15.9 Å². The molecule has 1 aromatic carbocycles. The monoisotopic (exact) mass is 307 g/mol. The first-order chi connectivity index (χ1) is 8.81. The summed E-state index contributed by atoms with van der Waals surface area (Å²) >= 11 is 3.46. The normalized spacial score (nSPS) is 12.6. The van der Waals surface area contributed by atoms with Crippen molar-refractivity contribution in [1.29, 1.82) is 0 Å². The summed E-state index contributed by atoms with van der Waals surface area (Å²) in [5.41, 5.74) is 2.58. The van der Waals surface area contributed by atoms with Crippen molar-refractivity contribution in [2.45, 2.75) is 25.8 Å². The number of rotatable bonds is 6. The number of nitrogens with one attached hydrogen (secondary N) is 1. The Labute approximate surface area is 117 Å². The van der Waals surface area contributed by atoms with Gasteiger partial charge in [0.15, 0.2) is 4.67 Å². The fourth-order valence-corrected chi connectivity index (χ4v) is 2.64. The van der Waals surface area contributed by atoms with Crippen molar-refractivity contribution in [3.63, 3.8) is 0 Å². The lowest BCUT2D eigenvalue weighted by atomic mass is 10.0. The molecule has 1 atom stereocenters. The number of hydrogen-bond acceptors (Lipinski definition) is 2. The lowest BCUT2D eigenvalue weighted by Crippen LogP contribution is -2.21. The molecule has 1 N–H and O–H groups in total. The molecular weight excluding hydrogens is 290 g/mol. The van der Waals surface area contributed by atoms with Gasteiger partial charge in [-0.3, -0.25) is 0 Å². The van der Waals surface area contributed by atoms with Crippen LogP contribution in [0.1, 0.15) is 30.5 Å². The van der Waals surface area contributed by atoms with E-state index in [0.29, 0.717) is 6.04 Å². The Morgan fingerprint density at radius 1 is 1.22 bits per heavy atom. The van der Waals surface area contributed by atoms with Crippen LogP contribution in [-0.4, -0.2) is 6.54 Å². The van der Waals surface area contributed by atoms with Gasteiger partial charge in [-0.1, -0.05) is 37.3 Å². The molecule has 2 aromatic rings. The molecule has 0 fully saturated rings. The zero-order valence-electron chi connectivity index (χ0n) is 10.5. The Bertz CT molecular complexity index is 466. The van der Waals surface area contributed by atoms with Crippen LogP contribution in [0.2, 0.25) is 0 Å². The Morgan fingerprint density at radius 2 is 2.00 bits per heavy atom. The average Bonchev–Trinajstić information content (AvgIpc) is 2.82. The molecule has 2 rings (SSSR count). The number of furan rings is 1. The smallest absolute Gasteiger partial charge is 0.173 e. The standard InChI is InChI=1S/C15H18BrNO/c1-2-17-14(13-10-11-18-15(13)16)9-8-12-6-4-3-5-7-12/h3-7,10-11,14,17H,2,8-9H2,1H3. The summed E-state index contributed by atoms with van der Waals surface area (Å²) in [6.07, 6.45) is 3.86. The summed E-state index contributed by atoms with van der Waals surface area (Å²) in [6.45, 7) is 3.08. The Kier molecular flexibility index (Phi) is 5.02. The minimum absolute atomic E-state index is 0.336. The predicted octanol–water partition coefficient (Wildman–Crippen LogP) is 4.33. The van der Waals surface area contributed by atoms with E-state index in [1.807, 2.05) is 6.07 Å². The second-order valence-corrected chi connectivity index (χ2v) is 5.00. The lowest BCUT2D eigenvalue weighted by Gasteiger charge is -2.17. The van der Waals surface area contributed by atoms with Gasteiger partial charge in [0.1, 0.15) is 0 Å². The highest BCUT2D eigenvalue weighted by Gasteiger charge is 2.15. The average molecular weight is 308 g/mol. The summed E-state index contributed by atoms with van der Waals surface area (Å²) in [4.78, 5) is 0. The fraction of sp³-hybridized carbons (Fsp3) is 0.333. The van der Waals surface area contributed by atoms with Crippen LogP contribution in [0.15, 0.2) is 51.7 Å². The minimum Gasteiger partial charge on any atom is -0.457 e. The third kappa shape index (κ3) is 3.47. The maximum Gasteiger partial charge on any atom is 0.173 e. The molecule has 3 heteroatoms. The van der Waals surface area contributed by atoms with Crippen LogP contribution in [0.4, 0.5) is 0 Å². The van der Waals surface area contributed by atoms with Crippen molar-refractivity contribution >= 4 is 15.9 Å². The van der Waals surface area contributed by atoms with E-state index in [1.165, 1.54) is 11.1 Å². The molecule has 1 unspecified atom stereocenters. The third-order valence-electron chi connectivity index (χ3n) is 3.04. The van der Waals surface area contributed by atoms with Crippen LogP contribution < -0.4 is 5.32 Å². The first-order valence-electron chi connectivity index (χ1n) is 6.31. The van der Waals surface area contributed by atoms with Crippen molar-refractivity contribution in [2.75, 3.05) is 6.54 Å². The summed E-state index contributed by atoms with van der Waals surface area (Å²) in [5, 5.41) is 3.51. The second-order valence-electron chi connectivity index (χ2n) is 4.28. The summed E-state index contributed by atoms with van der Waals surface area (Å²) < 4.78 is 6.16. The van der Waals surface area contributed by atoms with Gasteiger partial charge >= 0.3 is 0 Å². The van der Waals surface area contributed by atoms with Crippen molar-refractivity contribution in [2.24, 2.45) is 0 Å². The van der Waals surface area contributed by atoms with Crippen molar-refractivity contribution < 1.29 is 4.42 Å². The Balaban J connectivity index is 2.01. The van der Waals surface area contributed by atoms with Crippen LogP contribution in [0.3, 0.4) is 0 Å². The first kappa shape index (κ1) is 13.4. The van der Waals surface area contributed by atoms with E-state index in [-0.39, 0.29) is 0 Å². The van der Waals surface area contributed by atoms with Crippen LogP contribution in [0.25, 0.3) is 0 Å². The van der Waals surface area contributed by atoms with Gasteiger partial charge in [0.25, 0.3) is 0 Å². The molecular formula is C15H18BrNO. The van der Waals surface area contributed by atoms with Gasteiger partial charge in [-0.05, 0) is 46.9 Å². The highest BCUT2D eigenvalue weighted by atomic mass is 79.9. The van der Waals surface area contributed by atoms with Gasteiger partial charge in [-0.2, -0.15) is 0 Å². The molecule has 1 heterocycles. The maximum atomic E-state index is 5.32. The molecule has 0 spiro atoms. The van der Waals surface area contributed by atoms with E-state index in [9.17, 15) is 0 Å². The van der Waals surface area contributed by atoms with Crippen molar-refractivity contribution in [1.82, 2.24) is 5.32 Å². The zero-order valence-corrected chi connectivity index (χ0v) is 12.1. The van der Waals surface area contributed by atoms with Gasteiger partial charge in [0.2, 0.25) is 0 Å². The maximum absolute atomic E-state index is 5.32.